The van der Waals surface area contributed by atoms with Crippen molar-refractivity contribution >= 4 is 22.9 Å². The third-order valence-electron chi connectivity index (χ3n) is 2.92. The molecule has 1 aromatic carbocycles. The largest absolute Gasteiger partial charge is 0.508 e. The van der Waals surface area contributed by atoms with Crippen LogP contribution in [0.25, 0.3) is 0 Å². The summed E-state index contributed by atoms with van der Waals surface area (Å²) in [5.74, 6) is 0.268. The van der Waals surface area contributed by atoms with Crippen LogP contribution in [0.5, 0.6) is 5.75 Å². The number of phenolic OH excluding ortho intramolecular Hbond substituents is 1. The molecule has 3 nitrogen and oxygen atoms in total. The Balaban J connectivity index is 2.45. The summed E-state index contributed by atoms with van der Waals surface area (Å²) in [6, 6.07) is 7.13. The van der Waals surface area contributed by atoms with Gasteiger partial charge in [-0.05, 0) is 45.0 Å². The van der Waals surface area contributed by atoms with Crippen molar-refractivity contribution in [2.45, 2.75) is 26.3 Å². The highest BCUT2D eigenvalue weighted by molar-refractivity contribution is 7.80. The standard InChI is InChI=1S/C13H16N2OS/c1-9-8-15(13(2,3)12(17)14-9)10-4-6-11(16)7-5-10/h4-8,16H,1-3H3,(H,14,17). The van der Waals surface area contributed by atoms with E-state index in [2.05, 4.69) is 24.1 Å². The van der Waals surface area contributed by atoms with Crippen LogP contribution in [-0.2, 0) is 0 Å². The van der Waals surface area contributed by atoms with Crippen LogP contribution < -0.4 is 10.2 Å². The van der Waals surface area contributed by atoms with Gasteiger partial charge in [0.15, 0.2) is 0 Å². The van der Waals surface area contributed by atoms with Crippen molar-refractivity contribution in [3.63, 3.8) is 0 Å². The van der Waals surface area contributed by atoms with E-state index >= 15 is 0 Å². The highest BCUT2D eigenvalue weighted by Crippen LogP contribution is 2.29. The van der Waals surface area contributed by atoms with E-state index in [1.165, 1.54) is 0 Å². The third kappa shape index (κ3) is 2.13. The first-order valence-electron chi connectivity index (χ1n) is 5.49. The molecule has 1 aliphatic heterocycles. The molecule has 4 heteroatoms. The van der Waals surface area contributed by atoms with E-state index in [1.807, 2.05) is 25.3 Å². The Labute approximate surface area is 107 Å². The summed E-state index contributed by atoms with van der Waals surface area (Å²) in [7, 11) is 0. The van der Waals surface area contributed by atoms with E-state index in [1.54, 1.807) is 12.1 Å². The normalized spacial score (nSPS) is 18.6. The van der Waals surface area contributed by atoms with Gasteiger partial charge in [0.1, 0.15) is 10.7 Å². The highest BCUT2D eigenvalue weighted by atomic mass is 32.1. The molecule has 0 atom stereocenters. The van der Waals surface area contributed by atoms with Gasteiger partial charge in [0.2, 0.25) is 0 Å². The van der Waals surface area contributed by atoms with E-state index < -0.39 is 0 Å². The lowest BCUT2D eigenvalue weighted by Crippen LogP contribution is -2.55. The Morgan fingerprint density at radius 1 is 1.24 bits per heavy atom. The van der Waals surface area contributed by atoms with Crippen molar-refractivity contribution in [2.24, 2.45) is 0 Å². The van der Waals surface area contributed by atoms with Crippen molar-refractivity contribution in [1.82, 2.24) is 5.32 Å². The number of thiocarbonyl (C=S) groups is 1. The summed E-state index contributed by atoms with van der Waals surface area (Å²) in [6.45, 7) is 6.12. The van der Waals surface area contributed by atoms with Crippen molar-refractivity contribution in [1.29, 1.82) is 0 Å². The smallest absolute Gasteiger partial charge is 0.115 e. The minimum atomic E-state index is -0.272. The first-order chi connectivity index (χ1) is 7.91. The number of anilines is 1. The van der Waals surface area contributed by atoms with Crippen LogP contribution in [0.15, 0.2) is 36.2 Å². The zero-order chi connectivity index (χ0) is 12.6. The van der Waals surface area contributed by atoms with Crippen LogP contribution >= 0.6 is 12.2 Å². The number of allylic oxidation sites excluding steroid dienone is 1. The number of rotatable bonds is 1. The third-order valence-corrected chi connectivity index (χ3v) is 3.52. The molecule has 0 fully saturated rings. The fourth-order valence-corrected chi connectivity index (χ4v) is 2.10. The van der Waals surface area contributed by atoms with E-state index in [-0.39, 0.29) is 11.3 Å². The monoisotopic (exact) mass is 248 g/mol. The molecular weight excluding hydrogens is 232 g/mol. The number of nitrogens with zero attached hydrogens (tertiary/aromatic N) is 1. The van der Waals surface area contributed by atoms with Crippen molar-refractivity contribution < 1.29 is 5.11 Å². The molecule has 1 aliphatic rings. The average molecular weight is 248 g/mol. The Morgan fingerprint density at radius 3 is 2.41 bits per heavy atom. The summed E-state index contributed by atoms with van der Waals surface area (Å²) in [5.41, 5.74) is 1.75. The lowest BCUT2D eigenvalue weighted by Gasteiger charge is -2.42. The SMILES string of the molecule is CC1=CN(c2ccc(O)cc2)C(C)(C)C(=S)N1. The molecule has 2 N–H and O–H groups in total. The van der Waals surface area contributed by atoms with Gasteiger partial charge >= 0.3 is 0 Å². The van der Waals surface area contributed by atoms with Crippen LogP contribution in [0.1, 0.15) is 20.8 Å². The maximum Gasteiger partial charge on any atom is 0.115 e. The molecule has 0 unspecified atom stereocenters. The van der Waals surface area contributed by atoms with Gasteiger partial charge in [-0.2, -0.15) is 0 Å². The van der Waals surface area contributed by atoms with Crippen molar-refractivity contribution in [2.75, 3.05) is 4.90 Å². The number of hydrogen-bond donors (Lipinski definition) is 2. The summed E-state index contributed by atoms with van der Waals surface area (Å²) >= 11 is 5.38. The molecule has 0 bridgehead atoms. The second-order valence-corrected chi connectivity index (χ2v) is 5.12. The van der Waals surface area contributed by atoms with Gasteiger partial charge in [0.25, 0.3) is 0 Å². The number of aromatic hydroxyl groups is 1. The summed E-state index contributed by atoms with van der Waals surface area (Å²) in [4.78, 5) is 2.91. The second kappa shape index (κ2) is 4.04. The maximum absolute atomic E-state index is 9.32. The molecule has 1 aromatic rings. The molecule has 0 saturated heterocycles. The fourth-order valence-electron chi connectivity index (χ4n) is 1.84. The number of hydrogen-bond acceptors (Lipinski definition) is 3. The van der Waals surface area contributed by atoms with Crippen LogP contribution in [0, 0.1) is 0 Å². The van der Waals surface area contributed by atoms with E-state index in [9.17, 15) is 5.11 Å². The molecule has 0 saturated carbocycles. The van der Waals surface area contributed by atoms with E-state index in [0.717, 1.165) is 16.4 Å². The lowest BCUT2D eigenvalue weighted by molar-refractivity contribution is 0.475. The van der Waals surface area contributed by atoms with Crippen LogP contribution in [-0.4, -0.2) is 15.6 Å². The fraction of sp³-hybridized carbons (Fsp3) is 0.308. The number of nitrogens with one attached hydrogen (secondary N) is 1. The van der Waals surface area contributed by atoms with Gasteiger partial charge in [-0.1, -0.05) is 12.2 Å². The zero-order valence-corrected chi connectivity index (χ0v) is 11.0. The molecule has 17 heavy (non-hydrogen) atoms. The molecule has 90 valence electrons. The minimum Gasteiger partial charge on any atom is -0.508 e. The van der Waals surface area contributed by atoms with Gasteiger partial charge in [0, 0.05) is 17.6 Å². The van der Waals surface area contributed by atoms with Gasteiger partial charge in [-0.25, -0.2) is 0 Å². The molecule has 1 heterocycles. The Morgan fingerprint density at radius 2 is 1.82 bits per heavy atom. The van der Waals surface area contributed by atoms with Crippen LogP contribution in [0.3, 0.4) is 0 Å². The highest BCUT2D eigenvalue weighted by Gasteiger charge is 2.33. The van der Waals surface area contributed by atoms with Crippen LogP contribution in [0.4, 0.5) is 5.69 Å². The van der Waals surface area contributed by atoms with Crippen LogP contribution in [0.2, 0.25) is 0 Å². The Bertz CT molecular complexity index is 477. The zero-order valence-electron chi connectivity index (χ0n) is 10.2. The van der Waals surface area contributed by atoms with Crippen molar-refractivity contribution in [3.05, 3.63) is 36.2 Å². The second-order valence-electron chi connectivity index (χ2n) is 4.71. The van der Waals surface area contributed by atoms with Gasteiger partial charge in [-0.3, -0.25) is 0 Å². The lowest BCUT2D eigenvalue weighted by atomic mass is 9.99. The predicted octanol–water partition coefficient (Wildman–Crippen LogP) is 2.77. The van der Waals surface area contributed by atoms with Crippen molar-refractivity contribution in [3.8, 4) is 5.75 Å². The first-order valence-corrected chi connectivity index (χ1v) is 5.90. The maximum atomic E-state index is 9.32. The molecule has 0 radical (unpaired) electrons. The molecule has 2 rings (SSSR count). The summed E-state index contributed by atoms with van der Waals surface area (Å²) < 4.78 is 0. The minimum absolute atomic E-state index is 0.268. The molecule has 0 spiro atoms. The molecule has 0 amide bonds. The number of benzene rings is 1. The number of phenols is 1. The molecule has 0 aliphatic carbocycles. The predicted molar refractivity (Wildman–Crippen MR) is 74.2 cm³/mol. The first kappa shape index (κ1) is 11.9. The van der Waals surface area contributed by atoms with Gasteiger partial charge in [-0.15, -0.1) is 0 Å². The Kier molecular flexibility index (Phi) is 2.83. The topological polar surface area (TPSA) is 35.5 Å². The Hall–Kier alpha value is -1.55. The van der Waals surface area contributed by atoms with E-state index in [4.69, 9.17) is 12.2 Å². The summed E-state index contributed by atoms with van der Waals surface area (Å²) in [5, 5.41) is 12.5. The van der Waals surface area contributed by atoms with E-state index in [0.29, 0.717) is 0 Å². The molecular formula is C13H16N2OS. The average Bonchev–Trinajstić information content (AvgIpc) is 2.25. The summed E-state index contributed by atoms with van der Waals surface area (Å²) in [6.07, 6.45) is 2.03. The van der Waals surface area contributed by atoms with Gasteiger partial charge in [0.05, 0.1) is 5.54 Å². The van der Waals surface area contributed by atoms with Gasteiger partial charge < -0.3 is 15.3 Å². The quantitative estimate of drug-likeness (QED) is 0.749. The molecule has 0 aromatic heterocycles.